The van der Waals surface area contributed by atoms with Crippen LogP contribution >= 0.6 is 0 Å². The standard InChI is InChI=1S/C19H28FN3O3S/c1-2-21(16-8-14-27(25,26)15-16)9-7-19(24)23-12-10-22(11-13-23)18-6-4-3-5-17(18)20/h3-6,16H,2,7-15H2,1H3. The van der Waals surface area contributed by atoms with Crippen molar-refractivity contribution in [3.63, 3.8) is 0 Å². The molecule has 8 heteroatoms. The van der Waals surface area contributed by atoms with Crippen LogP contribution in [0.2, 0.25) is 0 Å². The van der Waals surface area contributed by atoms with Crippen molar-refractivity contribution in [1.82, 2.24) is 9.80 Å². The molecular weight excluding hydrogens is 369 g/mol. The van der Waals surface area contributed by atoms with Gasteiger partial charge in [-0.05, 0) is 25.1 Å². The zero-order valence-electron chi connectivity index (χ0n) is 15.8. The summed E-state index contributed by atoms with van der Waals surface area (Å²) in [6, 6.07) is 6.74. The van der Waals surface area contributed by atoms with Crippen LogP contribution in [0.3, 0.4) is 0 Å². The van der Waals surface area contributed by atoms with Crippen LogP contribution in [0.25, 0.3) is 0 Å². The number of halogens is 1. The van der Waals surface area contributed by atoms with Gasteiger partial charge in [-0.3, -0.25) is 9.69 Å². The van der Waals surface area contributed by atoms with Crippen LogP contribution in [0.5, 0.6) is 0 Å². The molecule has 1 amide bonds. The molecule has 0 radical (unpaired) electrons. The van der Waals surface area contributed by atoms with E-state index in [1.54, 1.807) is 12.1 Å². The molecule has 0 aliphatic carbocycles. The van der Waals surface area contributed by atoms with Crippen molar-refractivity contribution in [1.29, 1.82) is 0 Å². The summed E-state index contributed by atoms with van der Waals surface area (Å²) in [5, 5.41) is 0. The minimum Gasteiger partial charge on any atom is -0.366 e. The summed E-state index contributed by atoms with van der Waals surface area (Å²) in [4.78, 5) is 18.5. The predicted octanol–water partition coefficient (Wildman–Crippen LogP) is 1.37. The van der Waals surface area contributed by atoms with Crippen molar-refractivity contribution in [2.45, 2.75) is 25.8 Å². The van der Waals surface area contributed by atoms with E-state index in [1.165, 1.54) is 6.07 Å². The summed E-state index contributed by atoms with van der Waals surface area (Å²) in [6.45, 7) is 5.73. The lowest BCUT2D eigenvalue weighted by molar-refractivity contribution is -0.131. The molecule has 0 bridgehead atoms. The Morgan fingerprint density at radius 2 is 1.93 bits per heavy atom. The monoisotopic (exact) mass is 397 g/mol. The van der Waals surface area contributed by atoms with Crippen molar-refractivity contribution in [2.24, 2.45) is 0 Å². The van der Waals surface area contributed by atoms with Crippen LogP contribution in [0, 0.1) is 5.82 Å². The number of amides is 1. The SMILES string of the molecule is CCN(CCC(=O)N1CCN(c2ccccc2F)CC1)C1CCS(=O)(=O)C1. The number of nitrogens with zero attached hydrogens (tertiary/aromatic N) is 3. The molecule has 2 saturated heterocycles. The molecule has 0 saturated carbocycles. The molecular formula is C19H28FN3O3S. The Hall–Kier alpha value is -1.67. The number of hydrogen-bond donors (Lipinski definition) is 0. The molecule has 27 heavy (non-hydrogen) atoms. The Morgan fingerprint density at radius 1 is 1.22 bits per heavy atom. The van der Waals surface area contributed by atoms with E-state index in [2.05, 4.69) is 4.90 Å². The van der Waals surface area contributed by atoms with Gasteiger partial charge in [-0.25, -0.2) is 12.8 Å². The summed E-state index contributed by atoms with van der Waals surface area (Å²) >= 11 is 0. The maximum absolute atomic E-state index is 13.9. The number of sulfone groups is 1. The van der Waals surface area contributed by atoms with Gasteiger partial charge in [0.25, 0.3) is 0 Å². The van der Waals surface area contributed by atoms with Crippen LogP contribution in [-0.2, 0) is 14.6 Å². The number of carbonyl (C=O) groups excluding carboxylic acids is 1. The number of rotatable bonds is 6. The third kappa shape index (κ3) is 4.99. The zero-order chi connectivity index (χ0) is 19.4. The van der Waals surface area contributed by atoms with E-state index < -0.39 is 9.84 Å². The molecule has 3 rings (SSSR count). The van der Waals surface area contributed by atoms with Crippen molar-refractivity contribution in [3.8, 4) is 0 Å². The number of benzene rings is 1. The number of carbonyl (C=O) groups is 1. The summed E-state index contributed by atoms with van der Waals surface area (Å²) in [6.07, 6.45) is 1.05. The first kappa shape index (κ1) is 20.1. The smallest absolute Gasteiger partial charge is 0.223 e. The molecule has 1 aromatic carbocycles. The molecule has 1 unspecified atom stereocenters. The minimum atomic E-state index is -2.92. The zero-order valence-corrected chi connectivity index (χ0v) is 16.6. The van der Waals surface area contributed by atoms with Gasteiger partial charge in [0.05, 0.1) is 17.2 Å². The van der Waals surface area contributed by atoms with Gasteiger partial charge >= 0.3 is 0 Å². The fraction of sp³-hybridized carbons (Fsp3) is 0.632. The molecule has 6 nitrogen and oxygen atoms in total. The summed E-state index contributed by atoms with van der Waals surface area (Å²) < 4.78 is 37.3. The van der Waals surface area contributed by atoms with E-state index in [0.29, 0.717) is 51.3 Å². The maximum atomic E-state index is 13.9. The second-order valence-corrected chi connectivity index (χ2v) is 9.48. The largest absolute Gasteiger partial charge is 0.366 e. The fourth-order valence-electron chi connectivity index (χ4n) is 3.96. The lowest BCUT2D eigenvalue weighted by Gasteiger charge is -2.36. The molecule has 2 fully saturated rings. The molecule has 2 aliphatic rings. The van der Waals surface area contributed by atoms with Gasteiger partial charge in [-0.1, -0.05) is 19.1 Å². The number of hydrogen-bond acceptors (Lipinski definition) is 5. The van der Waals surface area contributed by atoms with Gasteiger partial charge in [-0.15, -0.1) is 0 Å². The Morgan fingerprint density at radius 3 is 2.52 bits per heavy atom. The Labute approximate surface area is 160 Å². The number of anilines is 1. The summed E-state index contributed by atoms with van der Waals surface area (Å²) in [7, 11) is -2.92. The number of piperazine rings is 1. The predicted molar refractivity (Wildman–Crippen MR) is 104 cm³/mol. The Balaban J connectivity index is 1.47. The molecule has 2 heterocycles. The van der Waals surface area contributed by atoms with Crippen LogP contribution < -0.4 is 4.90 Å². The van der Waals surface area contributed by atoms with Crippen LogP contribution in [0.15, 0.2) is 24.3 Å². The van der Waals surface area contributed by atoms with E-state index in [-0.39, 0.29) is 29.3 Å². The highest BCUT2D eigenvalue weighted by Gasteiger charge is 2.32. The molecule has 0 N–H and O–H groups in total. The third-order valence-electron chi connectivity index (χ3n) is 5.57. The van der Waals surface area contributed by atoms with Gasteiger partial charge in [0.2, 0.25) is 5.91 Å². The quantitative estimate of drug-likeness (QED) is 0.726. The third-order valence-corrected chi connectivity index (χ3v) is 7.32. The van der Waals surface area contributed by atoms with Gasteiger partial charge in [0.15, 0.2) is 9.84 Å². The van der Waals surface area contributed by atoms with Crippen molar-refractivity contribution in [2.75, 3.05) is 55.7 Å². The van der Waals surface area contributed by atoms with Gasteiger partial charge in [0, 0.05) is 45.2 Å². The minimum absolute atomic E-state index is 0.0331. The highest BCUT2D eigenvalue weighted by molar-refractivity contribution is 7.91. The second kappa shape index (κ2) is 8.56. The van der Waals surface area contributed by atoms with Crippen LogP contribution in [0.1, 0.15) is 19.8 Å². The van der Waals surface area contributed by atoms with Gasteiger partial charge in [0.1, 0.15) is 5.82 Å². The molecule has 1 atom stereocenters. The summed E-state index contributed by atoms with van der Waals surface area (Å²) in [5.41, 5.74) is 0.587. The molecule has 0 spiro atoms. The lowest BCUT2D eigenvalue weighted by Crippen LogP contribution is -2.49. The first-order valence-electron chi connectivity index (χ1n) is 9.61. The molecule has 0 aromatic heterocycles. The van der Waals surface area contributed by atoms with E-state index in [9.17, 15) is 17.6 Å². The average molecular weight is 398 g/mol. The van der Waals surface area contributed by atoms with Crippen LogP contribution in [-0.4, -0.2) is 80.9 Å². The highest BCUT2D eigenvalue weighted by Crippen LogP contribution is 2.21. The molecule has 1 aromatic rings. The Bertz CT molecular complexity index is 763. The fourth-order valence-corrected chi connectivity index (χ4v) is 5.73. The first-order chi connectivity index (χ1) is 12.9. The van der Waals surface area contributed by atoms with Crippen LogP contribution in [0.4, 0.5) is 10.1 Å². The van der Waals surface area contributed by atoms with E-state index >= 15 is 0 Å². The van der Waals surface area contributed by atoms with Crippen molar-refractivity contribution >= 4 is 21.4 Å². The van der Waals surface area contributed by atoms with E-state index in [1.807, 2.05) is 22.8 Å². The van der Waals surface area contributed by atoms with Crippen molar-refractivity contribution < 1.29 is 17.6 Å². The molecule has 2 aliphatic heterocycles. The maximum Gasteiger partial charge on any atom is 0.223 e. The normalized spacial score (nSPS) is 22.4. The first-order valence-corrected chi connectivity index (χ1v) is 11.4. The molecule has 150 valence electrons. The summed E-state index contributed by atoms with van der Waals surface area (Å²) in [5.74, 6) is 0.307. The lowest BCUT2D eigenvalue weighted by atomic mass is 10.2. The number of para-hydroxylation sites is 1. The van der Waals surface area contributed by atoms with Gasteiger partial charge in [-0.2, -0.15) is 0 Å². The topological polar surface area (TPSA) is 60.9 Å². The van der Waals surface area contributed by atoms with E-state index in [4.69, 9.17) is 0 Å². The van der Waals surface area contributed by atoms with E-state index in [0.717, 1.165) is 6.54 Å². The highest BCUT2D eigenvalue weighted by atomic mass is 32.2. The Kier molecular flexibility index (Phi) is 6.37. The second-order valence-electron chi connectivity index (χ2n) is 7.25. The average Bonchev–Trinajstić information content (AvgIpc) is 3.02. The van der Waals surface area contributed by atoms with Gasteiger partial charge < -0.3 is 9.80 Å². The van der Waals surface area contributed by atoms with Crippen molar-refractivity contribution in [3.05, 3.63) is 30.1 Å².